The van der Waals surface area contributed by atoms with Crippen LogP contribution in [0, 0.1) is 19.7 Å². The highest BCUT2D eigenvalue weighted by molar-refractivity contribution is 5.73. The van der Waals surface area contributed by atoms with E-state index in [2.05, 4.69) is 5.32 Å². The van der Waals surface area contributed by atoms with Crippen molar-refractivity contribution in [2.75, 3.05) is 13.7 Å². The maximum Gasteiger partial charge on any atom is 0.323 e. The van der Waals surface area contributed by atoms with Crippen molar-refractivity contribution in [3.63, 3.8) is 0 Å². The summed E-state index contributed by atoms with van der Waals surface area (Å²) in [6, 6.07) is 2.66. The van der Waals surface area contributed by atoms with Gasteiger partial charge in [0.15, 0.2) is 0 Å². The van der Waals surface area contributed by atoms with Gasteiger partial charge >= 0.3 is 5.97 Å². The minimum absolute atomic E-state index is 0.0918. The second-order valence-corrected chi connectivity index (χ2v) is 4.27. The van der Waals surface area contributed by atoms with Crippen molar-refractivity contribution < 1.29 is 19.0 Å². The number of aliphatic carboxylic acids is 1. The summed E-state index contributed by atoms with van der Waals surface area (Å²) in [7, 11) is 1.45. The number of hydrogen-bond donors (Lipinski definition) is 2. The molecule has 0 saturated carbocycles. The number of benzene rings is 1. The lowest BCUT2D eigenvalue weighted by Crippen LogP contribution is -2.39. The van der Waals surface area contributed by atoms with Gasteiger partial charge < -0.3 is 9.84 Å². The van der Waals surface area contributed by atoms with Gasteiger partial charge in [-0.1, -0.05) is 12.1 Å². The van der Waals surface area contributed by atoms with E-state index < -0.39 is 12.0 Å². The number of ether oxygens (including phenoxy) is 1. The molecular formula is C13H18FNO3. The van der Waals surface area contributed by atoms with Crippen LogP contribution < -0.4 is 5.32 Å². The minimum atomic E-state index is -0.965. The molecule has 0 aliphatic heterocycles. The largest absolute Gasteiger partial charge is 0.480 e. The molecule has 18 heavy (non-hydrogen) atoms. The number of aryl methyl sites for hydroxylation is 2. The Labute approximate surface area is 106 Å². The van der Waals surface area contributed by atoms with Crippen LogP contribution in [0.15, 0.2) is 12.1 Å². The fourth-order valence-corrected chi connectivity index (χ4v) is 1.76. The topological polar surface area (TPSA) is 58.6 Å². The second kappa shape index (κ2) is 6.47. The molecular weight excluding hydrogens is 237 g/mol. The summed E-state index contributed by atoms with van der Waals surface area (Å²) in [5.41, 5.74) is 1.98. The normalized spacial score (nSPS) is 12.4. The molecule has 100 valence electrons. The molecule has 0 fully saturated rings. The highest BCUT2D eigenvalue weighted by atomic mass is 19.1. The zero-order valence-electron chi connectivity index (χ0n) is 10.8. The predicted molar refractivity (Wildman–Crippen MR) is 66.0 cm³/mol. The number of carbonyl (C=O) groups is 1. The maximum atomic E-state index is 13.4. The zero-order valence-corrected chi connectivity index (χ0v) is 10.8. The highest BCUT2D eigenvalue weighted by Gasteiger charge is 2.16. The molecule has 0 saturated heterocycles. The molecule has 0 spiro atoms. The third-order valence-electron chi connectivity index (χ3n) is 2.68. The Hall–Kier alpha value is -1.46. The van der Waals surface area contributed by atoms with Crippen molar-refractivity contribution in [3.05, 3.63) is 34.6 Å². The van der Waals surface area contributed by atoms with Gasteiger partial charge in [0.2, 0.25) is 0 Å². The third kappa shape index (κ3) is 3.78. The third-order valence-corrected chi connectivity index (χ3v) is 2.68. The average molecular weight is 255 g/mol. The first-order chi connectivity index (χ1) is 8.45. The number of carboxylic acid groups (broad SMARTS) is 1. The van der Waals surface area contributed by atoms with Crippen molar-refractivity contribution in [2.24, 2.45) is 0 Å². The van der Waals surface area contributed by atoms with Crippen LogP contribution in [0.2, 0.25) is 0 Å². The molecule has 2 N–H and O–H groups in total. The summed E-state index contributed by atoms with van der Waals surface area (Å²) >= 11 is 0. The van der Waals surface area contributed by atoms with E-state index in [-0.39, 0.29) is 12.4 Å². The molecule has 1 unspecified atom stereocenters. The van der Waals surface area contributed by atoms with Gasteiger partial charge in [0.1, 0.15) is 11.9 Å². The Kier molecular flexibility index (Phi) is 5.25. The van der Waals surface area contributed by atoms with Gasteiger partial charge in [0, 0.05) is 13.7 Å². The molecule has 0 aliphatic carbocycles. The Bertz CT molecular complexity index is 411. The van der Waals surface area contributed by atoms with Crippen LogP contribution in [0.25, 0.3) is 0 Å². The lowest BCUT2D eigenvalue weighted by atomic mass is 10.1. The molecule has 0 amide bonds. The van der Waals surface area contributed by atoms with E-state index in [1.165, 1.54) is 7.11 Å². The SMILES string of the molecule is COCC(NCc1cc(C)c(F)c(C)c1)C(=O)O. The van der Waals surface area contributed by atoms with Crippen LogP contribution in [0.1, 0.15) is 16.7 Å². The van der Waals surface area contributed by atoms with Crippen molar-refractivity contribution in [2.45, 2.75) is 26.4 Å². The fourth-order valence-electron chi connectivity index (χ4n) is 1.76. The summed E-state index contributed by atoms with van der Waals surface area (Å²) in [5, 5.41) is 11.8. The molecule has 0 radical (unpaired) electrons. The van der Waals surface area contributed by atoms with Gasteiger partial charge in [0.25, 0.3) is 0 Å². The number of hydrogen-bond acceptors (Lipinski definition) is 3. The Morgan fingerprint density at radius 3 is 2.44 bits per heavy atom. The first-order valence-electron chi connectivity index (χ1n) is 5.66. The van der Waals surface area contributed by atoms with Crippen molar-refractivity contribution in [1.82, 2.24) is 5.32 Å². The number of halogens is 1. The Morgan fingerprint density at radius 1 is 1.44 bits per heavy atom. The number of nitrogens with one attached hydrogen (secondary N) is 1. The molecule has 0 aromatic heterocycles. The molecule has 0 aliphatic rings. The Balaban J connectivity index is 2.70. The van der Waals surface area contributed by atoms with Crippen LogP contribution in [-0.2, 0) is 16.1 Å². The predicted octanol–water partition coefficient (Wildman–Crippen LogP) is 1.63. The monoisotopic (exact) mass is 255 g/mol. The average Bonchev–Trinajstić information content (AvgIpc) is 2.30. The summed E-state index contributed by atoms with van der Waals surface area (Å²) in [6.07, 6.45) is 0. The van der Waals surface area contributed by atoms with Crippen LogP contribution in [0.5, 0.6) is 0 Å². The first kappa shape index (κ1) is 14.6. The summed E-state index contributed by atoms with van der Waals surface area (Å²) in [6.45, 7) is 3.84. The van der Waals surface area contributed by atoms with Gasteiger partial charge in [-0.3, -0.25) is 10.1 Å². The maximum absolute atomic E-state index is 13.4. The van der Waals surface area contributed by atoms with Gasteiger partial charge in [-0.15, -0.1) is 0 Å². The molecule has 0 bridgehead atoms. The van der Waals surface area contributed by atoms with Crippen LogP contribution in [-0.4, -0.2) is 30.8 Å². The van der Waals surface area contributed by atoms with Crippen LogP contribution >= 0.6 is 0 Å². The van der Waals surface area contributed by atoms with E-state index in [1.54, 1.807) is 26.0 Å². The van der Waals surface area contributed by atoms with E-state index in [4.69, 9.17) is 9.84 Å². The zero-order chi connectivity index (χ0) is 13.7. The van der Waals surface area contributed by atoms with E-state index >= 15 is 0 Å². The molecule has 1 rings (SSSR count). The van der Waals surface area contributed by atoms with E-state index in [9.17, 15) is 9.18 Å². The summed E-state index contributed by atoms with van der Waals surface area (Å²) in [5.74, 6) is -1.18. The van der Waals surface area contributed by atoms with Crippen LogP contribution in [0.3, 0.4) is 0 Å². The molecule has 5 heteroatoms. The Morgan fingerprint density at radius 2 is 2.00 bits per heavy atom. The van der Waals surface area contributed by atoms with Gasteiger partial charge in [-0.2, -0.15) is 0 Å². The molecule has 4 nitrogen and oxygen atoms in total. The lowest BCUT2D eigenvalue weighted by Gasteiger charge is -2.14. The first-order valence-corrected chi connectivity index (χ1v) is 5.66. The van der Waals surface area contributed by atoms with Crippen LogP contribution in [0.4, 0.5) is 4.39 Å². The van der Waals surface area contributed by atoms with Crippen molar-refractivity contribution in [3.8, 4) is 0 Å². The molecule has 1 aromatic carbocycles. The number of methoxy groups -OCH3 is 1. The number of rotatable bonds is 6. The van der Waals surface area contributed by atoms with Crippen molar-refractivity contribution in [1.29, 1.82) is 0 Å². The molecule has 1 atom stereocenters. The highest BCUT2D eigenvalue weighted by Crippen LogP contribution is 2.14. The number of carboxylic acids is 1. The van der Waals surface area contributed by atoms with E-state index in [0.29, 0.717) is 17.7 Å². The van der Waals surface area contributed by atoms with Gasteiger partial charge in [-0.25, -0.2) is 4.39 Å². The van der Waals surface area contributed by atoms with E-state index in [1.807, 2.05) is 0 Å². The second-order valence-electron chi connectivity index (χ2n) is 4.27. The standard InChI is InChI=1S/C13H18FNO3/c1-8-4-10(5-9(2)12(8)14)6-15-11(7-18-3)13(16)17/h4-5,11,15H,6-7H2,1-3H3,(H,16,17). The minimum Gasteiger partial charge on any atom is -0.480 e. The quantitative estimate of drug-likeness (QED) is 0.811. The summed E-state index contributed by atoms with van der Waals surface area (Å²) < 4.78 is 18.2. The van der Waals surface area contributed by atoms with Gasteiger partial charge in [-0.05, 0) is 30.5 Å². The smallest absolute Gasteiger partial charge is 0.323 e. The van der Waals surface area contributed by atoms with Crippen molar-refractivity contribution >= 4 is 5.97 Å². The summed E-state index contributed by atoms with van der Waals surface area (Å²) in [4.78, 5) is 10.9. The lowest BCUT2D eigenvalue weighted by molar-refractivity contribution is -0.140. The molecule has 0 heterocycles. The van der Waals surface area contributed by atoms with Gasteiger partial charge in [0.05, 0.1) is 6.61 Å². The molecule has 1 aromatic rings. The van der Waals surface area contributed by atoms with E-state index in [0.717, 1.165) is 5.56 Å². The fraction of sp³-hybridized carbons (Fsp3) is 0.462.